The van der Waals surface area contributed by atoms with Gasteiger partial charge in [-0.25, -0.2) is 15.0 Å². The molecule has 3 aliphatic heterocycles. The Morgan fingerprint density at radius 3 is 1.49 bits per heavy atom. The molecule has 3 unspecified atom stereocenters. The van der Waals surface area contributed by atoms with Gasteiger partial charge in [-0.3, -0.25) is 42.5 Å². The van der Waals surface area contributed by atoms with Gasteiger partial charge in [0.15, 0.2) is 22.5 Å². The summed E-state index contributed by atoms with van der Waals surface area (Å²) in [5.74, 6) is 2.07. The Kier molecular flexibility index (Phi) is 15.8. The molecule has 0 aliphatic carbocycles. The summed E-state index contributed by atoms with van der Waals surface area (Å²) in [4.78, 5) is 82.6. The first-order valence-electron chi connectivity index (χ1n) is 14.9. The van der Waals surface area contributed by atoms with E-state index in [0.29, 0.717) is 46.6 Å². The summed E-state index contributed by atoms with van der Waals surface area (Å²) in [5, 5.41) is 8.97. The maximum Gasteiger partial charge on any atom is 0.278 e. The normalized spacial score (nSPS) is 17.6. The molecule has 49 heavy (non-hydrogen) atoms. The monoisotopic (exact) mass is 701 g/mol. The lowest BCUT2D eigenvalue weighted by molar-refractivity contribution is -0.121. The third-order valence-corrected chi connectivity index (χ3v) is 9.18. The van der Waals surface area contributed by atoms with Gasteiger partial charge in [0, 0.05) is 39.7 Å². The van der Waals surface area contributed by atoms with Crippen LogP contribution in [0.5, 0.6) is 0 Å². The molecule has 0 amide bonds. The maximum absolute atomic E-state index is 12.1. The number of nitrogens with zero attached hydrogens (tertiary/aromatic N) is 6. The average molecular weight is 702 g/mol. The molecule has 3 aromatic rings. The minimum Gasteiger partial charge on any atom is -0.382 e. The van der Waals surface area contributed by atoms with Crippen LogP contribution in [0.4, 0.5) is 17.1 Å². The second-order valence-corrected chi connectivity index (χ2v) is 12.0. The zero-order valence-electron chi connectivity index (χ0n) is 26.7. The predicted octanol–water partition coefficient (Wildman–Crippen LogP) is 3.54. The third kappa shape index (κ3) is 8.71. The van der Waals surface area contributed by atoms with Crippen molar-refractivity contribution < 1.29 is 14.4 Å². The number of ketones is 3. The summed E-state index contributed by atoms with van der Waals surface area (Å²) in [6.45, 7) is 4.54. The number of hydrogen-bond acceptors (Lipinski definition) is 13. The van der Waals surface area contributed by atoms with Crippen LogP contribution >= 0.6 is 11.8 Å². The van der Waals surface area contributed by atoms with Crippen LogP contribution in [-0.4, -0.2) is 72.9 Å². The Balaban J connectivity index is 0.000000357. The molecule has 0 radical (unpaired) electrons. The topological polar surface area (TPSA) is 192 Å². The molecule has 3 atom stereocenters. The second-order valence-electron chi connectivity index (χ2n) is 11.0. The number of fused-ring (bicyclic) bond motifs is 3. The number of carbonyl (C=O) groups excluding carboxylic acids is 3. The van der Waals surface area contributed by atoms with Crippen molar-refractivity contribution in [3.63, 3.8) is 0 Å². The van der Waals surface area contributed by atoms with Crippen LogP contribution in [0.1, 0.15) is 92.1 Å². The summed E-state index contributed by atoms with van der Waals surface area (Å²) in [6.07, 6.45) is 8.36. The Labute approximate surface area is 291 Å². The van der Waals surface area contributed by atoms with E-state index in [1.54, 1.807) is 21.1 Å². The van der Waals surface area contributed by atoms with Crippen molar-refractivity contribution in [3.05, 3.63) is 61.3 Å². The van der Waals surface area contributed by atoms with Gasteiger partial charge in [-0.05, 0) is 40.0 Å². The van der Waals surface area contributed by atoms with E-state index in [9.17, 15) is 28.8 Å². The molecule has 0 spiro atoms. The number of aryl methyl sites for hydroxylation is 2. The average Bonchev–Trinajstić information content (AvgIpc) is 3.68. The van der Waals surface area contributed by atoms with E-state index < -0.39 is 0 Å². The predicted molar refractivity (Wildman–Crippen MR) is 195 cm³/mol. The van der Waals surface area contributed by atoms with Crippen molar-refractivity contribution in [1.82, 2.24) is 28.7 Å². The Morgan fingerprint density at radius 1 is 0.633 bits per heavy atom. The number of anilines is 3. The number of aromatic nitrogens is 6. The van der Waals surface area contributed by atoms with Crippen molar-refractivity contribution in [3.8, 4) is 0 Å². The molecule has 15 nitrogen and oxygen atoms in total. The quantitative estimate of drug-likeness (QED) is 0.317. The van der Waals surface area contributed by atoms with Gasteiger partial charge in [0.05, 0.1) is 30.7 Å². The third-order valence-electron chi connectivity index (χ3n) is 8.14. The van der Waals surface area contributed by atoms with Crippen LogP contribution in [0.25, 0.3) is 0 Å². The van der Waals surface area contributed by atoms with Gasteiger partial charge in [-0.2, -0.15) is 0 Å². The fourth-order valence-corrected chi connectivity index (χ4v) is 6.81. The van der Waals surface area contributed by atoms with E-state index in [0.717, 1.165) is 25.1 Å². The first-order chi connectivity index (χ1) is 21.9. The first kappa shape index (κ1) is 42.4. The van der Waals surface area contributed by atoms with Crippen LogP contribution < -0.4 is 32.6 Å². The zero-order valence-corrected chi connectivity index (χ0v) is 27.6. The molecule has 3 aromatic heterocycles. The summed E-state index contributed by atoms with van der Waals surface area (Å²) in [7, 11) is 5.01. The molecule has 16 heteroatoms. The highest BCUT2D eigenvalue weighted by Gasteiger charge is 2.30. The molecule has 0 aromatic carbocycles. The van der Waals surface area contributed by atoms with Crippen molar-refractivity contribution in [2.75, 3.05) is 42.8 Å². The second kappa shape index (κ2) is 18.2. The van der Waals surface area contributed by atoms with Crippen LogP contribution in [0.2, 0.25) is 0 Å². The highest BCUT2D eigenvalue weighted by Crippen LogP contribution is 2.30. The minimum absolute atomic E-state index is 0. The molecule has 0 saturated carbocycles. The fraction of sp³-hybridized carbons (Fsp3) is 0.545. The lowest BCUT2D eigenvalue weighted by Crippen LogP contribution is -2.36. The van der Waals surface area contributed by atoms with E-state index in [4.69, 9.17) is 0 Å². The highest BCUT2D eigenvalue weighted by molar-refractivity contribution is 7.99. The lowest BCUT2D eigenvalue weighted by Gasteiger charge is -2.25. The SMILES string of the molecule is C.C.C.CNc1cnc2n(c1=O)C(C(C)=O)CC2.CNc1cnc2n(c1=O)C(C(C)=O)CCC2.CNc1cnc2n(c1=O)C(C(C)=O)CS2. The Morgan fingerprint density at radius 2 is 1.04 bits per heavy atom. The molecule has 3 N–H and O–H groups in total. The molecule has 270 valence electrons. The van der Waals surface area contributed by atoms with E-state index in [-0.39, 0.29) is 74.4 Å². The van der Waals surface area contributed by atoms with E-state index in [2.05, 4.69) is 30.9 Å². The van der Waals surface area contributed by atoms with Crippen molar-refractivity contribution in [2.24, 2.45) is 0 Å². The number of thioether (sulfide) groups is 1. The smallest absolute Gasteiger partial charge is 0.278 e. The number of rotatable bonds is 6. The van der Waals surface area contributed by atoms with Crippen molar-refractivity contribution in [1.29, 1.82) is 0 Å². The standard InChI is InChI=1S/C11H15N3O2.C10H13N3O2.C9H11N3O2S.3CH4/c1-7(15)9-4-3-5-10-13-6-8(12-2)11(16)14(9)10;1-6(14)8-3-4-9-12-5-7(11-2)10(15)13(8)9;1-5(13)7-4-15-9-11-3-6(10-2)8(14)12(7)9;;;/h6,9,12H,3-5H2,1-2H3;5,8,11H,3-4H2,1-2H3;3,7,10H,4H2,1-2H3;3*1H4. The molecular formula is C33H51N9O6S. The van der Waals surface area contributed by atoms with Crippen LogP contribution in [0.3, 0.4) is 0 Å². The maximum atomic E-state index is 12.1. The van der Waals surface area contributed by atoms with Crippen molar-refractivity contribution >= 4 is 46.2 Å². The van der Waals surface area contributed by atoms with E-state index in [1.807, 2.05) is 0 Å². The molecular weight excluding hydrogens is 650 g/mol. The van der Waals surface area contributed by atoms with Crippen LogP contribution in [-0.2, 0) is 27.2 Å². The first-order valence-corrected chi connectivity index (χ1v) is 15.9. The lowest BCUT2D eigenvalue weighted by atomic mass is 10.0. The molecule has 6 rings (SSSR count). The Hall–Kier alpha value is -4.60. The largest absolute Gasteiger partial charge is 0.382 e. The van der Waals surface area contributed by atoms with Crippen molar-refractivity contribution in [2.45, 2.75) is 98.4 Å². The zero-order chi connectivity index (χ0) is 33.7. The van der Waals surface area contributed by atoms with Gasteiger partial charge in [0.2, 0.25) is 0 Å². The van der Waals surface area contributed by atoms with Crippen LogP contribution in [0, 0.1) is 0 Å². The van der Waals surface area contributed by atoms with Gasteiger partial charge in [-0.1, -0.05) is 34.0 Å². The highest BCUT2D eigenvalue weighted by atomic mass is 32.2. The minimum atomic E-state index is -0.363. The van der Waals surface area contributed by atoms with Crippen LogP contribution in [0.15, 0.2) is 38.1 Å². The number of carbonyl (C=O) groups is 3. The Bertz CT molecular complexity index is 1750. The number of hydrogen-bond donors (Lipinski definition) is 3. The van der Waals surface area contributed by atoms with Gasteiger partial charge in [-0.15, -0.1) is 0 Å². The summed E-state index contributed by atoms with van der Waals surface area (Å²) < 4.78 is 4.52. The van der Waals surface area contributed by atoms with E-state index >= 15 is 0 Å². The molecule has 0 bridgehead atoms. The summed E-state index contributed by atoms with van der Waals surface area (Å²) >= 11 is 1.44. The fourth-order valence-electron chi connectivity index (χ4n) is 5.64. The molecule has 3 aliphatic rings. The van der Waals surface area contributed by atoms with Gasteiger partial charge in [0.25, 0.3) is 16.7 Å². The van der Waals surface area contributed by atoms with Gasteiger partial charge < -0.3 is 16.0 Å². The van der Waals surface area contributed by atoms with E-state index in [1.165, 1.54) is 64.8 Å². The van der Waals surface area contributed by atoms with Gasteiger partial charge in [0.1, 0.15) is 34.8 Å². The molecule has 0 fully saturated rings. The number of nitrogens with one attached hydrogen (secondary N) is 3. The number of Topliss-reactive ketones (excluding diaryl/α,β-unsaturated/α-hetero) is 3. The molecule has 0 saturated heterocycles. The molecule has 6 heterocycles. The van der Waals surface area contributed by atoms with Gasteiger partial charge >= 0.3 is 0 Å². The summed E-state index contributed by atoms with van der Waals surface area (Å²) in [5.41, 5.74) is 0.830. The summed E-state index contributed by atoms with van der Waals surface area (Å²) in [6, 6.07) is -1.02.